The van der Waals surface area contributed by atoms with Gasteiger partial charge in [0, 0.05) is 74.5 Å². The van der Waals surface area contributed by atoms with E-state index in [2.05, 4.69) is 10.3 Å². The molecule has 2 aromatic rings. The lowest BCUT2D eigenvalue weighted by Crippen LogP contribution is -2.61. The average Bonchev–Trinajstić information content (AvgIpc) is 3.26. The van der Waals surface area contributed by atoms with Gasteiger partial charge < -0.3 is 64.2 Å². The minimum atomic E-state index is -2.21. The van der Waals surface area contributed by atoms with Gasteiger partial charge in [-0.05, 0) is 85.8 Å². The fraction of sp³-hybridized carbons (Fsp3) is 0.755. The van der Waals surface area contributed by atoms with Gasteiger partial charge in [0.05, 0.1) is 47.6 Å². The lowest BCUT2D eigenvalue weighted by molar-refractivity contribution is -0.318. The molecule has 3 aliphatic heterocycles. The Balaban J connectivity index is 1.49. The van der Waals surface area contributed by atoms with Gasteiger partial charge in [-0.25, -0.2) is 0 Å². The lowest BCUT2D eigenvalue weighted by atomic mass is 9.74. The van der Waals surface area contributed by atoms with E-state index in [4.69, 9.17) is 28.4 Å². The number of ether oxygens (including phenoxy) is 6. The van der Waals surface area contributed by atoms with Crippen LogP contribution < -0.4 is 5.32 Å². The smallest absolute Gasteiger partial charge is 0.311 e. The molecule has 0 aliphatic carbocycles. The van der Waals surface area contributed by atoms with Crippen LogP contribution in [-0.4, -0.2) is 165 Å². The van der Waals surface area contributed by atoms with Gasteiger partial charge in [-0.2, -0.15) is 0 Å². The molecule has 1 aromatic heterocycles. The summed E-state index contributed by atoms with van der Waals surface area (Å²) in [5.41, 5.74) is -4.28. The van der Waals surface area contributed by atoms with Crippen molar-refractivity contribution in [3.05, 3.63) is 42.2 Å². The number of rotatable bonds is 12. The first-order chi connectivity index (χ1) is 30.8. The predicted octanol–water partition coefficient (Wildman–Crippen LogP) is 3.06. The summed E-state index contributed by atoms with van der Waals surface area (Å²) in [6.45, 7) is 14.3. The van der Waals surface area contributed by atoms with Gasteiger partial charge in [0.25, 0.3) is 0 Å². The number of aryl methyl sites for hydroxylation is 1. The number of carbonyl (C=O) groups is 3. The number of nitrogens with zero attached hydrogens (tertiary/aromatic N) is 2. The monoisotopic (exact) mass is 932 g/mol. The van der Waals surface area contributed by atoms with E-state index < -0.39 is 108 Å². The van der Waals surface area contributed by atoms with Crippen LogP contribution in [0.25, 0.3) is 10.8 Å². The topological polar surface area (TPSA) is 236 Å². The highest BCUT2D eigenvalue weighted by atomic mass is 16.7. The number of hydrogen-bond acceptors (Lipinski definition) is 16. The zero-order valence-corrected chi connectivity index (χ0v) is 40.9. The van der Waals surface area contributed by atoms with Crippen LogP contribution in [0.4, 0.5) is 0 Å². The van der Waals surface area contributed by atoms with Gasteiger partial charge in [-0.1, -0.05) is 45.0 Å². The molecule has 17 nitrogen and oxygen atoms in total. The third-order valence-corrected chi connectivity index (χ3v) is 14.6. The molecule has 1 aromatic carbocycles. The number of aromatic nitrogens is 1. The molecular formula is C49H77N3O14. The van der Waals surface area contributed by atoms with Crippen LogP contribution in [0.15, 0.2) is 36.7 Å². The first kappa shape index (κ1) is 53.8. The summed E-state index contributed by atoms with van der Waals surface area (Å²) < 4.78 is 37.7. The van der Waals surface area contributed by atoms with E-state index in [0.29, 0.717) is 12.8 Å². The lowest BCUT2D eigenvalue weighted by Gasteiger charge is -2.49. The summed E-state index contributed by atoms with van der Waals surface area (Å²) in [5.74, 6) is -5.88. The van der Waals surface area contributed by atoms with Crippen molar-refractivity contribution >= 4 is 28.4 Å². The highest BCUT2D eigenvalue weighted by Gasteiger charge is 2.53. The number of benzene rings is 1. The number of cyclic esters (lactones) is 1. The molecule has 1 amide bonds. The number of likely N-dealkylation sites (N-methyl/N-ethyl adjacent to an activating group) is 1. The zero-order chi connectivity index (χ0) is 49.1. The molecule has 0 bridgehead atoms. The van der Waals surface area contributed by atoms with Crippen molar-refractivity contribution in [2.45, 2.75) is 185 Å². The normalized spacial score (nSPS) is 41.0. The van der Waals surface area contributed by atoms with Gasteiger partial charge in [-0.3, -0.25) is 19.4 Å². The molecule has 5 rings (SSSR count). The number of methoxy groups -OCH3 is 1. The number of ketones is 1. The zero-order valence-electron chi connectivity index (χ0n) is 40.9. The van der Waals surface area contributed by atoms with Crippen LogP contribution in [0.3, 0.4) is 0 Å². The molecule has 3 fully saturated rings. The van der Waals surface area contributed by atoms with Crippen LogP contribution in [0.5, 0.6) is 0 Å². The quantitative estimate of drug-likeness (QED) is 0.168. The van der Waals surface area contributed by atoms with E-state index in [1.165, 1.54) is 27.9 Å². The number of amides is 1. The maximum atomic E-state index is 14.7. The Kier molecular flexibility index (Phi) is 18.0. The first-order valence-corrected chi connectivity index (χ1v) is 23.5. The van der Waals surface area contributed by atoms with Crippen LogP contribution in [-0.2, 0) is 49.2 Å². The van der Waals surface area contributed by atoms with Gasteiger partial charge in [-0.15, -0.1) is 0 Å². The number of aliphatic hydroxyl groups is 5. The Morgan fingerprint density at radius 3 is 2.27 bits per heavy atom. The molecule has 6 N–H and O–H groups in total. The molecule has 4 heterocycles. The Labute approximate surface area is 389 Å². The number of aliphatic hydroxyl groups excluding tert-OH is 3. The molecule has 0 spiro atoms. The largest absolute Gasteiger partial charge is 0.459 e. The minimum absolute atomic E-state index is 0.0397. The Hall–Kier alpha value is -3.20. The molecule has 372 valence electrons. The van der Waals surface area contributed by atoms with E-state index in [9.17, 15) is 39.9 Å². The number of fused-ring (bicyclic) bond motifs is 1. The maximum Gasteiger partial charge on any atom is 0.311 e. The third kappa shape index (κ3) is 12.1. The van der Waals surface area contributed by atoms with Gasteiger partial charge >= 0.3 is 5.97 Å². The second-order valence-corrected chi connectivity index (χ2v) is 20.2. The second kappa shape index (κ2) is 22.0. The number of nitrogens with one attached hydrogen (secondary N) is 1. The summed E-state index contributed by atoms with van der Waals surface area (Å²) in [5, 5.41) is 64.0. The number of hydrogen-bond donors (Lipinski definition) is 6. The van der Waals surface area contributed by atoms with Crippen molar-refractivity contribution in [1.82, 2.24) is 15.2 Å². The molecule has 0 radical (unpaired) electrons. The highest BCUT2D eigenvalue weighted by molar-refractivity contribution is 5.85. The molecule has 66 heavy (non-hydrogen) atoms. The second-order valence-electron chi connectivity index (χ2n) is 20.2. The Morgan fingerprint density at radius 2 is 1.61 bits per heavy atom. The number of Topliss-reactive ketones (excluding diaryl/α,β-unsaturated/α-hetero) is 1. The molecule has 17 heteroatoms. The van der Waals surface area contributed by atoms with Crippen molar-refractivity contribution in [3.63, 3.8) is 0 Å². The highest BCUT2D eigenvalue weighted by Crippen LogP contribution is 2.41. The van der Waals surface area contributed by atoms with E-state index in [0.717, 1.165) is 16.3 Å². The number of pyridine rings is 1. The summed E-state index contributed by atoms with van der Waals surface area (Å²) >= 11 is 0. The van der Waals surface area contributed by atoms with E-state index >= 15 is 0 Å². The summed E-state index contributed by atoms with van der Waals surface area (Å²) in [6.07, 6.45) is -7.03. The van der Waals surface area contributed by atoms with Crippen LogP contribution in [0.2, 0.25) is 0 Å². The van der Waals surface area contributed by atoms with Gasteiger partial charge in [0.2, 0.25) is 5.91 Å². The van der Waals surface area contributed by atoms with E-state index in [1.807, 2.05) is 50.2 Å². The van der Waals surface area contributed by atoms with Crippen molar-refractivity contribution < 1.29 is 68.3 Å². The maximum absolute atomic E-state index is 14.7. The molecule has 3 saturated heterocycles. The SMILES string of the molecule is COC1(C)CC(O[C@H]2[C@H](C)[C@@H](OC3OC(C)CC(N(C)C)C3O)[C@](C)(O)C[C@@H](C)C(=O)[C@H](C)[C@@H](O)[C@](C)(O)[C@@H](CCNC(=O)CCc3cncc4ccccc34)OC(=O)[C@@H]2C)OC(C)C1O. The molecule has 8 unspecified atom stereocenters. The molecular weight excluding hydrogens is 855 g/mol. The van der Waals surface area contributed by atoms with Crippen molar-refractivity contribution in [3.8, 4) is 0 Å². The number of esters is 1. The van der Waals surface area contributed by atoms with Crippen LogP contribution >= 0.6 is 0 Å². The van der Waals surface area contributed by atoms with Gasteiger partial charge in [0.1, 0.15) is 29.7 Å². The van der Waals surface area contributed by atoms with Crippen LogP contribution in [0, 0.1) is 23.7 Å². The fourth-order valence-corrected chi connectivity index (χ4v) is 10.3. The average molecular weight is 932 g/mol. The minimum Gasteiger partial charge on any atom is -0.459 e. The standard InChI is InChI=1S/C49H77N3O14/c1-26-22-47(7,59)44(66-46-40(55)35(52(10)11)21-27(2)62-46)29(4)41(65-38-23-48(8,61-12)43(57)31(6)63-38)30(5)45(58)64-36(49(9,60)42(56)28(3)39(26)54)19-20-51-37(53)18-17-33-25-50-24-32-15-13-14-16-34(32)33/h13-16,24-31,35-36,38,40-44,46,55-57,59-60H,17-23H2,1-12H3,(H,51,53)/t26-,27?,28+,29+,30-,31?,35?,36-,38?,40?,41+,42-,43?,44-,46?,47-,48?,49-/m1/s1. The van der Waals surface area contributed by atoms with E-state index in [-0.39, 0.29) is 50.3 Å². The van der Waals surface area contributed by atoms with Crippen molar-refractivity contribution in [2.75, 3.05) is 27.7 Å². The van der Waals surface area contributed by atoms with Crippen molar-refractivity contribution in [1.29, 1.82) is 0 Å². The fourth-order valence-electron chi connectivity index (χ4n) is 10.3. The molecule has 18 atom stereocenters. The Bertz CT molecular complexity index is 1940. The number of carbonyl (C=O) groups excluding carboxylic acids is 3. The summed E-state index contributed by atoms with van der Waals surface area (Å²) in [6, 6.07) is 7.39. The Morgan fingerprint density at radius 1 is 0.924 bits per heavy atom. The van der Waals surface area contributed by atoms with Crippen molar-refractivity contribution in [2.24, 2.45) is 23.7 Å². The summed E-state index contributed by atoms with van der Waals surface area (Å²) in [4.78, 5) is 48.3. The molecule has 3 aliphatic rings. The molecule has 0 saturated carbocycles. The summed E-state index contributed by atoms with van der Waals surface area (Å²) in [7, 11) is 5.14. The van der Waals surface area contributed by atoms with Crippen LogP contribution in [0.1, 0.15) is 100.0 Å². The first-order valence-electron chi connectivity index (χ1n) is 23.5. The van der Waals surface area contributed by atoms with Gasteiger partial charge in [0.15, 0.2) is 12.6 Å². The van der Waals surface area contributed by atoms with E-state index in [1.54, 1.807) is 47.0 Å². The predicted molar refractivity (Wildman–Crippen MR) is 244 cm³/mol. The third-order valence-electron chi connectivity index (χ3n) is 14.6.